The Kier molecular flexibility index (Phi) is 2.75. The third kappa shape index (κ3) is 2.03. The van der Waals surface area contributed by atoms with Crippen molar-refractivity contribution in [2.24, 2.45) is 0 Å². The number of carbonyl (C=O) groups is 1. The molecule has 0 bridgehead atoms. The van der Waals surface area contributed by atoms with E-state index in [9.17, 15) is 4.79 Å². The SMILES string of the molecule is O=C1CCCN1c1ccc(B(O)O)cc1. The molecule has 1 aromatic carbocycles. The van der Waals surface area contributed by atoms with Gasteiger partial charge in [0.25, 0.3) is 0 Å². The number of nitrogens with zero attached hydrogens (tertiary/aromatic N) is 1. The van der Waals surface area contributed by atoms with Crippen molar-refractivity contribution in [1.82, 2.24) is 0 Å². The highest BCUT2D eigenvalue weighted by molar-refractivity contribution is 6.58. The molecule has 5 heteroatoms. The van der Waals surface area contributed by atoms with Crippen LogP contribution in [-0.4, -0.2) is 29.6 Å². The number of hydrogen-bond donors (Lipinski definition) is 2. The van der Waals surface area contributed by atoms with Crippen molar-refractivity contribution in [2.75, 3.05) is 11.4 Å². The van der Waals surface area contributed by atoms with Crippen LogP contribution in [0.3, 0.4) is 0 Å². The molecule has 15 heavy (non-hydrogen) atoms. The van der Waals surface area contributed by atoms with E-state index in [1.807, 2.05) is 0 Å². The van der Waals surface area contributed by atoms with Crippen LogP contribution in [0.25, 0.3) is 0 Å². The molecule has 4 nitrogen and oxygen atoms in total. The molecule has 0 saturated carbocycles. The second-order valence-corrected chi connectivity index (χ2v) is 3.61. The summed E-state index contributed by atoms with van der Waals surface area (Å²) in [7, 11) is -1.45. The number of amides is 1. The highest BCUT2D eigenvalue weighted by Crippen LogP contribution is 2.19. The van der Waals surface area contributed by atoms with Gasteiger partial charge in [-0.25, -0.2) is 0 Å². The fourth-order valence-corrected chi connectivity index (χ4v) is 1.75. The average Bonchev–Trinajstić information content (AvgIpc) is 2.65. The molecule has 78 valence electrons. The van der Waals surface area contributed by atoms with Crippen molar-refractivity contribution in [3.05, 3.63) is 24.3 Å². The minimum absolute atomic E-state index is 0.132. The van der Waals surface area contributed by atoms with E-state index in [1.165, 1.54) is 0 Å². The predicted octanol–water partition coefficient (Wildman–Crippen LogP) is -0.507. The smallest absolute Gasteiger partial charge is 0.423 e. The Morgan fingerprint density at radius 3 is 2.33 bits per heavy atom. The van der Waals surface area contributed by atoms with Crippen molar-refractivity contribution in [3.63, 3.8) is 0 Å². The van der Waals surface area contributed by atoms with Gasteiger partial charge in [0.2, 0.25) is 5.91 Å². The van der Waals surface area contributed by atoms with E-state index in [0.717, 1.165) is 18.7 Å². The normalized spacial score (nSPS) is 15.9. The van der Waals surface area contributed by atoms with Crippen molar-refractivity contribution in [2.45, 2.75) is 12.8 Å². The van der Waals surface area contributed by atoms with Gasteiger partial charge in [-0.2, -0.15) is 0 Å². The van der Waals surface area contributed by atoms with Crippen LogP contribution >= 0.6 is 0 Å². The second kappa shape index (κ2) is 4.04. The van der Waals surface area contributed by atoms with Gasteiger partial charge in [0, 0.05) is 18.7 Å². The minimum atomic E-state index is -1.45. The highest BCUT2D eigenvalue weighted by atomic mass is 16.4. The molecule has 0 aliphatic carbocycles. The summed E-state index contributed by atoms with van der Waals surface area (Å²) in [5.74, 6) is 0.132. The quantitative estimate of drug-likeness (QED) is 0.639. The van der Waals surface area contributed by atoms with Crippen molar-refractivity contribution >= 4 is 24.2 Å². The van der Waals surface area contributed by atoms with Crippen molar-refractivity contribution in [1.29, 1.82) is 0 Å². The zero-order chi connectivity index (χ0) is 10.8. The van der Waals surface area contributed by atoms with Gasteiger partial charge in [-0.15, -0.1) is 0 Å². The van der Waals surface area contributed by atoms with Gasteiger partial charge in [-0.05, 0) is 24.0 Å². The van der Waals surface area contributed by atoms with Crippen molar-refractivity contribution in [3.8, 4) is 0 Å². The van der Waals surface area contributed by atoms with Gasteiger partial charge in [0.1, 0.15) is 0 Å². The summed E-state index contributed by atoms with van der Waals surface area (Å²) in [5.41, 5.74) is 1.26. The molecule has 0 spiro atoms. The maximum atomic E-state index is 11.4. The molecule has 0 atom stereocenters. The molecule has 1 amide bonds. The standard InChI is InChI=1S/C10H12BNO3/c13-10-2-1-7-12(10)9-5-3-8(4-6-9)11(14)15/h3-6,14-15H,1-2,7H2. The average molecular weight is 205 g/mol. The van der Waals surface area contributed by atoms with Gasteiger partial charge in [-0.3, -0.25) is 4.79 Å². The Hall–Kier alpha value is -1.33. The summed E-state index contributed by atoms with van der Waals surface area (Å²) in [6, 6.07) is 6.70. The van der Waals surface area contributed by atoms with E-state index < -0.39 is 7.12 Å². The molecule has 0 aromatic heterocycles. The molecule has 1 aliphatic rings. The van der Waals surface area contributed by atoms with Crippen molar-refractivity contribution < 1.29 is 14.8 Å². The molecule has 0 radical (unpaired) electrons. The van der Waals surface area contributed by atoms with Crippen LogP contribution in [0.4, 0.5) is 5.69 Å². The molecule has 1 heterocycles. The Balaban J connectivity index is 2.19. The lowest BCUT2D eigenvalue weighted by Gasteiger charge is -2.15. The zero-order valence-corrected chi connectivity index (χ0v) is 8.26. The van der Waals surface area contributed by atoms with E-state index in [-0.39, 0.29) is 5.91 Å². The van der Waals surface area contributed by atoms with E-state index in [4.69, 9.17) is 10.0 Å². The number of carbonyl (C=O) groups excluding carboxylic acids is 1. The van der Waals surface area contributed by atoms with Gasteiger partial charge < -0.3 is 14.9 Å². The Bertz CT molecular complexity index is 363. The summed E-state index contributed by atoms with van der Waals surface area (Å²) < 4.78 is 0. The molecular formula is C10H12BNO3. The summed E-state index contributed by atoms with van der Waals surface area (Å²) in [4.78, 5) is 13.1. The van der Waals surface area contributed by atoms with Gasteiger partial charge in [-0.1, -0.05) is 12.1 Å². The van der Waals surface area contributed by atoms with Gasteiger partial charge >= 0.3 is 7.12 Å². The fraction of sp³-hybridized carbons (Fsp3) is 0.300. The molecule has 1 aliphatic heterocycles. The molecule has 1 aromatic rings. The number of rotatable bonds is 2. The molecule has 1 fully saturated rings. The van der Waals surface area contributed by atoms with Crippen LogP contribution in [0, 0.1) is 0 Å². The van der Waals surface area contributed by atoms with Gasteiger partial charge in [0.15, 0.2) is 0 Å². The Morgan fingerprint density at radius 1 is 1.20 bits per heavy atom. The van der Waals surface area contributed by atoms with Crippen LogP contribution in [0.15, 0.2) is 24.3 Å². The molecule has 1 saturated heterocycles. The number of benzene rings is 1. The number of hydrogen-bond acceptors (Lipinski definition) is 3. The summed E-state index contributed by atoms with van der Waals surface area (Å²) in [6.07, 6.45) is 1.49. The largest absolute Gasteiger partial charge is 0.488 e. The summed E-state index contributed by atoms with van der Waals surface area (Å²) in [5, 5.41) is 17.8. The third-order valence-electron chi connectivity index (χ3n) is 2.58. The molecular weight excluding hydrogens is 193 g/mol. The zero-order valence-electron chi connectivity index (χ0n) is 8.26. The number of anilines is 1. The maximum Gasteiger partial charge on any atom is 0.488 e. The van der Waals surface area contributed by atoms with E-state index >= 15 is 0 Å². The van der Waals surface area contributed by atoms with Crippen LogP contribution in [-0.2, 0) is 4.79 Å². The van der Waals surface area contributed by atoms with Crippen LogP contribution < -0.4 is 10.4 Å². The summed E-state index contributed by atoms with van der Waals surface area (Å²) in [6.45, 7) is 0.750. The first kappa shape index (κ1) is 10.2. The Labute approximate surface area is 88.3 Å². The van der Waals surface area contributed by atoms with Gasteiger partial charge in [0.05, 0.1) is 0 Å². The predicted molar refractivity (Wildman–Crippen MR) is 57.9 cm³/mol. The van der Waals surface area contributed by atoms with Crippen LogP contribution in [0.2, 0.25) is 0 Å². The molecule has 2 N–H and O–H groups in total. The molecule has 2 rings (SSSR count). The first-order valence-electron chi connectivity index (χ1n) is 4.95. The molecule has 0 unspecified atom stereocenters. The monoisotopic (exact) mass is 205 g/mol. The third-order valence-corrected chi connectivity index (χ3v) is 2.58. The fourth-order valence-electron chi connectivity index (χ4n) is 1.75. The first-order valence-corrected chi connectivity index (χ1v) is 4.95. The Morgan fingerprint density at radius 2 is 1.87 bits per heavy atom. The van der Waals surface area contributed by atoms with E-state index in [2.05, 4.69) is 0 Å². The lowest BCUT2D eigenvalue weighted by Crippen LogP contribution is -2.30. The highest BCUT2D eigenvalue weighted by Gasteiger charge is 2.21. The lowest BCUT2D eigenvalue weighted by molar-refractivity contribution is -0.117. The topological polar surface area (TPSA) is 60.8 Å². The lowest BCUT2D eigenvalue weighted by atomic mass is 9.80. The maximum absolute atomic E-state index is 11.4. The van der Waals surface area contributed by atoms with Crippen LogP contribution in [0.1, 0.15) is 12.8 Å². The summed E-state index contributed by atoms with van der Waals surface area (Å²) >= 11 is 0. The second-order valence-electron chi connectivity index (χ2n) is 3.61. The van der Waals surface area contributed by atoms with Crippen LogP contribution in [0.5, 0.6) is 0 Å². The first-order chi connectivity index (χ1) is 7.18. The van der Waals surface area contributed by atoms with E-state index in [0.29, 0.717) is 11.9 Å². The minimum Gasteiger partial charge on any atom is -0.423 e. The van der Waals surface area contributed by atoms with E-state index in [1.54, 1.807) is 29.2 Å².